The lowest BCUT2D eigenvalue weighted by molar-refractivity contribution is 0.100. The number of ether oxygens (including phenoxy) is 1. The summed E-state index contributed by atoms with van der Waals surface area (Å²) < 4.78 is 5.68. The maximum absolute atomic E-state index is 9.03. The number of nitriles is 1. The summed E-state index contributed by atoms with van der Waals surface area (Å²) in [6, 6.07) is 1.91. The van der Waals surface area contributed by atoms with Crippen LogP contribution < -0.4 is 4.74 Å². The number of rotatable bonds is 3. The second-order valence-corrected chi connectivity index (χ2v) is 4.29. The summed E-state index contributed by atoms with van der Waals surface area (Å²) in [5.41, 5.74) is 0.293. The molecular weight excluding hydrogens is 218 g/mol. The van der Waals surface area contributed by atoms with E-state index in [1.165, 1.54) is 12.4 Å². The van der Waals surface area contributed by atoms with Gasteiger partial charge in [-0.05, 0) is 31.6 Å². The largest absolute Gasteiger partial charge is 0.473 e. The molecule has 1 heterocycles. The van der Waals surface area contributed by atoms with Crippen LogP contribution in [0.5, 0.6) is 5.88 Å². The monoisotopic (exact) mass is 233 g/mol. The molecule has 17 heavy (non-hydrogen) atoms. The number of hydrogen-bond donors (Lipinski definition) is 1. The van der Waals surface area contributed by atoms with Gasteiger partial charge in [-0.15, -0.1) is 0 Å². The van der Waals surface area contributed by atoms with Crippen LogP contribution in [0.15, 0.2) is 12.4 Å². The Morgan fingerprint density at radius 3 is 2.59 bits per heavy atom. The van der Waals surface area contributed by atoms with E-state index < -0.39 is 0 Å². The van der Waals surface area contributed by atoms with Gasteiger partial charge < -0.3 is 9.84 Å². The van der Waals surface area contributed by atoms with Crippen molar-refractivity contribution in [1.82, 2.24) is 9.97 Å². The Kier molecular flexibility index (Phi) is 3.89. The fraction of sp³-hybridized carbons (Fsp3) is 0.583. The first-order chi connectivity index (χ1) is 8.31. The standard InChI is InChI=1S/C12H15N3O2/c13-5-10-6-15-12(7-14-10)17-11-3-1-9(8-16)2-4-11/h6-7,9,11,16H,1-4,8H2. The van der Waals surface area contributed by atoms with Crippen LogP contribution in [0.4, 0.5) is 0 Å². The number of hydrogen-bond acceptors (Lipinski definition) is 5. The van der Waals surface area contributed by atoms with Crippen molar-refractivity contribution in [2.24, 2.45) is 5.92 Å². The highest BCUT2D eigenvalue weighted by Crippen LogP contribution is 2.26. The summed E-state index contributed by atoms with van der Waals surface area (Å²) in [5.74, 6) is 0.887. The fourth-order valence-corrected chi connectivity index (χ4v) is 2.04. The van der Waals surface area contributed by atoms with Crippen LogP contribution in [0.2, 0.25) is 0 Å². The topological polar surface area (TPSA) is 79.0 Å². The summed E-state index contributed by atoms with van der Waals surface area (Å²) in [5, 5.41) is 17.6. The highest BCUT2D eigenvalue weighted by molar-refractivity contribution is 5.18. The van der Waals surface area contributed by atoms with E-state index in [1.807, 2.05) is 6.07 Å². The van der Waals surface area contributed by atoms with Crippen LogP contribution in [-0.2, 0) is 0 Å². The molecule has 5 heteroatoms. The normalized spacial score (nSPS) is 24.0. The van der Waals surface area contributed by atoms with Crippen molar-refractivity contribution in [3.8, 4) is 11.9 Å². The molecule has 1 saturated carbocycles. The first kappa shape index (κ1) is 11.8. The third-order valence-corrected chi connectivity index (χ3v) is 3.08. The Balaban J connectivity index is 1.87. The number of nitrogens with zero attached hydrogens (tertiary/aromatic N) is 3. The molecule has 0 radical (unpaired) electrons. The summed E-state index contributed by atoms with van der Waals surface area (Å²) in [6.07, 6.45) is 6.90. The molecule has 0 amide bonds. The zero-order valence-electron chi connectivity index (χ0n) is 9.54. The first-order valence-electron chi connectivity index (χ1n) is 5.81. The lowest BCUT2D eigenvalue weighted by Gasteiger charge is -2.27. The van der Waals surface area contributed by atoms with E-state index in [9.17, 15) is 0 Å². The quantitative estimate of drug-likeness (QED) is 0.850. The van der Waals surface area contributed by atoms with Crippen LogP contribution in [0.3, 0.4) is 0 Å². The second kappa shape index (κ2) is 5.60. The Morgan fingerprint density at radius 1 is 1.29 bits per heavy atom. The Hall–Kier alpha value is -1.67. The van der Waals surface area contributed by atoms with Gasteiger partial charge in [0.2, 0.25) is 5.88 Å². The van der Waals surface area contributed by atoms with Gasteiger partial charge in [-0.3, -0.25) is 0 Å². The SMILES string of the molecule is N#Cc1cnc(OC2CCC(CO)CC2)cn1. The molecule has 90 valence electrons. The molecule has 1 N–H and O–H groups in total. The molecule has 1 aliphatic carbocycles. The van der Waals surface area contributed by atoms with Crippen molar-refractivity contribution in [2.75, 3.05) is 6.61 Å². The predicted molar refractivity (Wildman–Crippen MR) is 60.2 cm³/mol. The van der Waals surface area contributed by atoms with Gasteiger partial charge in [0.15, 0.2) is 5.69 Å². The van der Waals surface area contributed by atoms with Gasteiger partial charge in [0.05, 0.1) is 12.4 Å². The lowest BCUT2D eigenvalue weighted by atomic mass is 9.88. The van der Waals surface area contributed by atoms with Crippen molar-refractivity contribution < 1.29 is 9.84 Å². The molecule has 0 bridgehead atoms. The Bertz CT molecular complexity index is 391. The molecule has 1 fully saturated rings. The molecule has 1 aromatic rings. The number of aliphatic hydroxyl groups excluding tert-OH is 1. The molecule has 1 aliphatic rings. The van der Waals surface area contributed by atoms with Crippen molar-refractivity contribution in [1.29, 1.82) is 5.26 Å². The van der Waals surface area contributed by atoms with Gasteiger partial charge >= 0.3 is 0 Å². The van der Waals surface area contributed by atoms with Gasteiger partial charge in [0.1, 0.15) is 12.2 Å². The molecule has 0 atom stereocenters. The molecule has 1 aromatic heterocycles. The maximum atomic E-state index is 9.03. The van der Waals surface area contributed by atoms with Crippen molar-refractivity contribution >= 4 is 0 Å². The third kappa shape index (κ3) is 3.14. The van der Waals surface area contributed by atoms with Crippen LogP contribution in [0.1, 0.15) is 31.4 Å². The van der Waals surface area contributed by atoms with Gasteiger partial charge in [-0.2, -0.15) is 5.26 Å². The van der Waals surface area contributed by atoms with Crippen LogP contribution in [-0.4, -0.2) is 27.8 Å². The fourth-order valence-electron chi connectivity index (χ4n) is 2.04. The van der Waals surface area contributed by atoms with E-state index in [0.29, 0.717) is 17.5 Å². The summed E-state index contributed by atoms with van der Waals surface area (Å²) in [7, 11) is 0. The summed E-state index contributed by atoms with van der Waals surface area (Å²) >= 11 is 0. The highest BCUT2D eigenvalue weighted by Gasteiger charge is 2.22. The third-order valence-electron chi connectivity index (χ3n) is 3.08. The average Bonchev–Trinajstić information content (AvgIpc) is 2.40. The van der Waals surface area contributed by atoms with E-state index in [-0.39, 0.29) is 12.7 Å². The van der Waals surface area contributed by atoms with E-state index in [1.54, 1.807) is 0 Å². The minimum absolute atomic E-state index is 0.153. The zero-order chi connectivity index (χ0) is 12.1. The molecule has 0 aromatic carbocycles. The molecule has 0 unspecified atom stereocenters. The van der Waals surface area contributed by atoms with Gasteiger partial charge in [0, 0.05) is 6.61 Å². The smallest absolute Gasteiger partial charge is 0.232 e. The maximum Gasteiger partial charge on any atom is 0.232 e. The van der Waals surface area contributed by atoms with E-state index >= 15 is 0 Å². The first-order valence-corrected chi connectivity index (χ1v) is 5.81. The minimum atomic E-state index is 0.153. The summed E-state index contributed by atoms with van der Waals surface area (Å²) in [6.45, 7) is 0.267. The molecule has 2 rings (SSSR count). The van der Waals surface area contributed by atoms with Crippen molar-refractivity contribution in [3.63, 3.8) is 0 Å². The molecule has 0 spiro atoms. The van der Waals surface area contributed by atoms with Gasteiger partial charge in [-0.1, -0.05) is 0 Å². The van der Waals surface area contributed by atoms with Crippen molar-refractivity contribution in [2.45, 2.75) is 31.8 Å². The minimum Gasteiger partial charge on any atom is -0.473 e. The summed E-state index contributed by atoms with van der Waals surface area (Å²) in [4.78, 5) is 7.93. The van der Waals surface area contributed by atoms with Crippen LogP contribution in [0, 0.1) is 17.2 Å². The lowest BCUT2D eigenvalue weighted by Crippen LogP contribution is -2.25. The van der Waals surface area contributed by atoms with Crippen LogP contribution >= 0.6 is 0 Å². The van der Waals surface area contributed by atoms with Gasteiger partial charge in [0.25, 0.3) is 0 Å². The molecule has 0 saturated heterocycles. The van der Waals surface area contributed by atoms with Crippen molar-refractivity contribution in [3.05, 3.63) is 18.1 Å². The highest BCUT2D eigenvalue weighted by atomic mass is 16.5. The molecular formula is C12H15N3O2. The second-order valence-electron chi connectivity index (χ2n) is 4.29. The molecule has 5 nitrogen and oxygen atoms in total. The zero-order valence-corrected chi connectivity index (χ0v) is 9.54. The van der Waals surface area contributed by atoms with E-state index in [2.05, 4.69) is 9.97 Å². The predicted octanol–water partition coefficient (Wildman–Crippen LogP) is 1.28. The molecule has 0 aliphatic heterocycles. The number of aliphatic hydroxyl groups is 1. The average molecular weight is 233 g/mol. The number of aromatic nitrogens is 2. The van der Waals surface area contributed by atoms with E-state index in [0.717, 1.165) is 25.7 Å². The van der Waals surface area contributed by atoms with Gasteiger partial charge in [-0.25, -0.2) is 9.97 Å². The van der Waals surface area contributed by atoms with Crippen LogP contribution in [0.25, 0.3) is 0 Å². The van der Waals surface area contributed by atoms with E-state index in [4.69, 9.17) is 15.1 Å². The Morgan fingerprint density at radius 2 is 2.06 bits per heavy atom. The Labute approximate surface area is 100 Å².